The lowest BCUT2D eigenvalue weighted by molar-refractivity contribution is -0.132. The normalized spacial score (nSPS) is 27.7. The van der Waals surface area contributed by atoms with E-state index in [1.165, 1.54) is 0 Å². The molecule has 0 aromatic heterocycles. The van der Waals surface area contributed by atoms with Crippen LogP contribution in [0.2, 0.25) is 0 Å². The molecule has 0 amide bonds. The van der Waals surface area contributed by atoms with E-state index in [0.29, 0.717) is 19.3 Å². The first-order valence-corrected chi connectivity index (χ1v) is 5.05. The number of aliphatic hydroxyl groups excluding tert-OH is 1. The van der Waals surface area contributed by atoms with E-state index in [-0.39, 0.29) is 12.4 Å². The van der Waals surface area contributed by atoms with Crippen molar-refractivity contribution < 1.29 is 15.0 Å². The van der Waals surface area contributed by atoms with Gasteiger partial charge in [0.1, 0.15) is 0 Å². The van der Waals surface area contributed by atoms with E-state index in [2.05, 4.69) is 11.8 Å². The summed E-state index contributed by atoms with van der Waals surface area (Å²) in [7, 11) is 0. The molecule has 0 bridgehead atoms. The number of aliphatic hydroxyl groups is 2. The van der Waals surface area contributed by atoms with Crippen LogP contribution in [0.3, 0.4) is 0 Å². The second-order valence-corrected chi connectivity index (χ2v) is 3.62. The molecule has 3 nitrogen and oxygen atoms in total. The van der Waals surface area contributed by atoms with Crippen molar-refractivity contribution in [2.24, 2.45) is 0 Å². The number of rotatable bonds is 1. The molecular formula is C11H16O3. The Morgan fingerprint density at radius 2 is 2.14 bits per heavy atom. The Balaban J connectivity index is 2.69. The highest BCUT2D eigenvalue weighted by atomic mass is 16.3. The Kier molecular flexibility index (Phi) is 4.12. The van der Waals surface area contributed by atoms with Gasteiger partial charge in [-0.15, -0.1) is 0 Å². The van der Waals surface area contributed by atoms with Crippen LogP contribution in [0.5, 0.6) is 0 Å². The van der Waals surface area contributed by atoms with Gasteiger partial charge in [-0.1, -0.05) is 18.3 Å². The molecule has 1 unspecified atom stereocenters. The van der Waals surface area contributed by atoms with Crippen LogP contribution in [-0.4, -0.2) is 28.2 Å². The van der Waals surface area contributed by atoms with Gasteiger partial charge in [-0.25, -0.2) is 0 Å². The average Bonchev–Trinajstić information content (AvgIpc) is 2.31. The number of hydrogen-bond donors (Lipinski definition) is 2. The maximum Gasteiger partial charge on any atom is 0.184 e. The van der Waals surface area contributed by atoms with Gasteiger partial charge >= 0.3 is 0 Å². The molecule has 0 heterocycles. The first kappa shape index (κ1) is 11.2. The van der Waals surface area contributed by atoms with Gasteiger partial charge in [-0.2, -0.15) is 0 Å². The van der Waals surface area contributed by atoms with Crippen LogP contribution in [0.4, 0.5) is 0 Å². The van der Waals surface area contributed by atoms with E-state index < -0.39 is 5.60 Å². The van der Waals surface area contributed by atoms with Gasteiger partial charge in [-0.05, 0) is 19.3 Å². The number of carbonyl (C=O) groups is 1. The summed E-state index contributed by atoms with van der Waals surface area (Å²) in [5.74, 6) is 5.05. The highest BCUT2D eigenvalue weighted by Crippen LogP contribution is 2.23. The van der Waals surface area contributed by atoms with E-state index >= 15 is 0 Å². The minimum Gasteiger partial charge on any atom is -0.395 e. The van der Waals surface area contributed by atoms with Crippen LogP contribution < -0.4 is 0 Å². The predicted molar refractivity (Wildman–Crippen MR) is 52.5 cm³/mol. The molecule has 1 fully saturated rings. The van der Waals surface area contributed by atoms with E-state index in [9.17, 15) is 9.90 Å². The molecule has 2 N–H and O–H groups in total. The third kappa shape index (κ3) is 2.83. The molecule has 0 aromatic carbocycles. The Morgan fingerprint density at radius 3 is 2.86 bits per heavy atom. The molecule has 0 spiro atoms. The number of hydrogen-bond acceptors (Lipinski definition) is 3. The van der Waals surface area contributed by atoms with Crippen LogP contribution in [0.15, 0.2) is 0 Å². The van der Waals surface area contributed by atoms with E-state index in [4.69, 9.17) is 5.11 Å². The van der Waals surface area contributed by atoms with Gasteiger partial charge < -0.3 is 10.2 Å². The summed E-state index contributed by atoms with van der Waals surface area (Å²) >= 11 is 0. The maximum absolute atomic E-state index is 11.5. The molecule has 1 aliphatic carbocycles. The highest BCUT2D eigenvalue weighted by Gasteiger charge is 2.34. The zero-order chi connectivity index (χ0) is 10.4. The van der Waals surface area contributed by atoms with Gasteiger partial charge in [0.2, 0.25) is 0 Å². The lowest BCUT2D eigenvalue weighted by atomic mass is 9.94. The molecule has 78 valence electrons. The standard InChI is InChI=1S/C11H16O3/c12-9-5-4-8-11(14)7-3-1-2-6-10(11)13/h12,14H,1-3,5-7,9H2. The fourth-order valence-electron chi connectivity index (χ4n) is 1.59. The van der Waals surface area contributed by atoms with Crippen molar-refractivity contribution in [1.29, 1.82) is 0 Å². The first-order valence-electron chi connectivity index (χ1n) is 5.05. The van der Waals surface area contributed by atoms with Crippen molar-refractivity contribution in [3.8, 4) is 11.8 Å². The molecule has 1 saturated carbocycles. The third-order valence-electron chi connectivity index (χ3n) is 2.44. The largest absolute Gasteiger partial charge is 0.395 e. The molecule has 0 aromatic rings. The average molecular weight is 196 g/mol. The van der Waals surface area contributed by atoms with Gasteiger partial charge in [0.15, 0.2) is 11.4 Å². The summed E-state index contributed by atoms with van der Waals surface area (Å²) in [6.07, 6.45) is 3.85. The quantitative estimate of drug-likeness (QED) is 0.478. The third-order valence-corrected chi connectivity index (χ3v) is 2.44. The zero-order valence-corrected chi connectivity index (χ0v) is 8.25. The maximum atomic E-state index is 11.5. The molecule has 1 rings (SSSR count). The summed E-state index contributed by atoms with van der Waals surface area (Å²) < 4.78 is 0. The van der Waals surface area contributed by atoms with Gasteiger partial charge in [0.25, 0.3) is 0 Å². The van der Waals surface area contributed by atoms with Crippen molar-refractivity contribution in [3.05, 3.63) is 0 Å². The zero-order valence-electron chi connectivity index (χ0n) is 8.25. The van der Waals surface area contributed by atoms with Crippen LogP contribution >= 0.6 is 0 Å². The number of carbonyl (C=O) groups excluding carboxylic acids is 1. The predicted octanol–water partition coefficient (Wildman–Crippen LogP) is 0.637. The van der Waals surface area contributed by atoms with Crippen molar-refractivity contribution in [2.45, 2.75) is 44.1 Å². The molecule has 3 heteroatoms. The molecule has 1 aliphatic rings. The van der Waals surface area contributed by atoms with Gasteiger partial charge in [0.05, 0.1) is 6.61 Å². The summed E-state index contributed by atoms with van der Waals surface area (Å²) in [6.45, 7) is -0.0305. The van der Waals surface area contributed by atoms with Crippen molar-refractivity contribution in [3.63, 3.8) is 0 Å². The summed E-state index contributed by atoms with van der Waals surface area (Å²) in [5.41, 5.74) is -1.44. The molecule has 0 saturated heterocycles. The Labute approximate surface area is 84.1 Å². The minimum atomic E-state index is -1.44. The monoisotopic (exact) mass is 196 g/mol. The summed E-state index contributed by atoms with van der Waals surface area (Å²) in [4.78, 5) is 11.5. The van der Waals surface area contributed by atoms with Crippen LogP contribution in [0.1, 0.15) is 38.5 Å². The van der Waals surface area contributed by atoms with E-state index in [1.807, 2.05) is 0 Å². The van der Waals surface area contributed by atoms with Gasteiger partial charge in [-0.3, -0.25) is 4.79 Å². The summed E-state index contributed by atoms with van der Waals surface area (Å²) in [5, 5.41) is 18.5. The van der Waals surface area contributed by atoms with E-state index in [0.717, 1.165) is 19.3 Å². The Bertz CT molecular complexity index is 261. The fraction of sp³-hybridized carbons (Fsp3) is 0.727. The Hall–Kier alpha value is -0.850. The van der Waals surface area contributed by atoms with Crippen LogP contribution in [0.25, 0.3) is 0 Å². The topological polar surface area (TPSA) is 57.5 Å². The smallest absolute Gasteiger partial charge is 0.184 e. The SMILES string of the molecule is O=C1CCCCCC1(O)C#CCCO. The molecule has 1 atom stereocenters. The second kappa shape index (κ2) is 5.14. The van der Waals surface area contributed by atoms with Crippen molar-refractivity contribution in [2.75, 3.05) is 6.61 Å². The molecular weight excluding hydrogens is 180 g/mol. The van der Waals surface area contributed by atoms with Crippen molar-refractivity contribution >= 4 is 5.78 Å². The molecule has 0 aliphatic heterocycles. The Morgan fingerprint density at radius 1 is 1.36 bits per heavy atom. The summed E-state index contributed by atoms with van der Waals surface area (Å²) in [6, 6.07) is 0. The van der Waals surface area contributed by atoms with E-state index in [1.54, 1.807) is 0 Å². The fourth-order valence-corrected chi connectivity index (χ4v) is 1.59. The number of ketones is 1. The first-order chi connectivity index (χ1) is 6.69. The lowest BCUT2D eigenvalue weighted by Crippen LogP contribution is -2.35. The minimum absolute atomic E-state index is 0.0305. The highest BCUT2D eigenvalue weighted by molar-refractivity contribution is 5.90. The molecule has 0 radical (unpaired) electrons. The second-order valence-electron chi connectivity index (χ2n) is 3.62. The van der Waals surface area contributed by atoms with Crippen LogP contribution in [-0.2, 0) is 4.79 Å². The van der Waals surface area contributed by atoms with Crippen molar-refractivity contribution in [1.82, 2.24) is 0 Å². The van der Waals surface area contributed by atoms with Crippen LogP contribution in [0, 0.1) is 11.8 Å². The molecule has 14 heavy (non-hydrogen) atoms. The van der Waals surface area contributed by atoms with Gasteiger partial charge in [0, 0.05) is 12.8 Å². The number of Topliss-reactive ketones (excluding diaryl/α,β-unsaturated/α-hetero) is 1. The lowest BCUT2D eigenvalue weighted by Gasteiger charge is -2.17.